The summed E-state index contributed by atoms with van der Waals surface area (Å²) < 4.78 is 0. The van der Waals surface area contributed by atoms with Gasteiger partial charge in [0.2, 0.25) is 0 Å². The van der Waals surface area contributed by atoms with Crippen LogP contribution in [-0.2, 0) is 4.79 Å². The minimum absolute atomic E-state index is 0.117. The largest absolute Gasteiger partial charge is 0.509 e. The van der Waals surface area contributed by atoms with Crippen molar-refractivity contribution in [1.82, 2.24) is 0 Å². The number of aliphatic hydroxyl groups excluding tert-OH is 6. The summed E-state index contributed by atoms with van der Waals surface area (Å²) in [4.78, 5) is 13.1. The fourth-order valence-electron chi connectivity index (χ4n) is 4.85. The van der Waals surface area contributed by atoms with Crippen molar-refractivity contribution in [2.75, 3.05) is 6.61 Å². The molecular formula is C32H54O7. The first-order chi connectivity index (χ1) is 18.8. The summed E-state index contributed by atoms with van der Waals surface area (Å²) >= 11 is 0. The minimum atomic E-state index is -2.01. The van der Waals surface area contributed by atoms with Gasteiger partial charge in [-0.3, -0.25) is 4.79 Å². The molecule has 0 spiro atoms. The zero-order valence-electron chi connectivity index (χ0n) is 24.0. The summed E-state index contributed by atoms with van der Waals surface area (Å²) in [5.74, 6) is -1.13. The van der Waals surface area contributed by atoms with Gasteiger partial charge >= 0.3 is 0 Å². The summed E-state index contributed by atoms with van der Waals surface area (Å²) in [6.07, 6.45) is 12.2. The number of hydrogen-bond acceptors (Lipinski definition) is 7. The van der Waals surface area contributed by atoms with E-state index in [9.17, 15) is 30.3 Å². The monoisotopic (exact) mass is 550 g/mol. The second-order valence-corrected chi connectivity index (χ2v) is 10.8. The van der Waals surface area contributed by atoms with Gasteiger partial charge in [-0.2, -0.15) is 0 Å². The molecule has 0 fully saturated rings. The molecule has 224 valence electrons. The van der Waals surface area contributed by atoms with Crippen LogP contribution in [0.15, 0.2) is 36.1 Å². The van der Waals surface area contributed by atoms with Crippen LogP contribution in [0.25, 0.3) is 5.57 Å². The maximum atomic E-state index is 13.1. The van der Waals surface area contributed by atoms with E-state index in [4.69, 9.17) is 5.11 Å². The predicted molar refractivity (Wildman–Crippen MR) is 156 cm³/mol. The molecule has 7 heteroatoms. The zero-order chi connectivity index (χ0) is 28.9. The Hall–Kier alpha value is -1.77. The molecule has 0 amide bonds. The Balaban J connectivity index is 2.39. The number of unbranched alkanes of at least 4 members (excludes halogenated alkanes) is 15. The number of allylic oxidation sites excluding steroid dienone is 1. The van der Waals surface area contributed by atoms with E-state index in [1.807, 2.05) is 0 Å². The fraction of sp³-hybridized carbons (Fsp3) is 0.719. The van der Waals surface area contributed by atoms with Gasteiger partial charge in [-0.05, 0) is 12.0 Å². The van der Waals surface area contributed by atoms with Gasteiger partial charge in [0.15, 0.2) is 5.78 Å². The maximum absolute atomic E-state index is 13.1. The van der Waals surface area contributed by atoms with Gasteiger partial charge in [-0.1, -0.05) is 134 Å². The van der Waals surface area contributed by atoms with Crippen LogP contribution in [0.3, 0.4) is 0 Å². The first-order valence-electron chi connectivity index (χ1n) is 15.2. The van der Waals surface area contributed by atoms with Crippen LogP contribution in [0.2, 0.25) is 0 Å². The highest BCUT2D eigenvalue weighted by Crippen LogP contribution is 2.25. The lowest BCUT2D eigenvalue weighted by molar-refractivity contribution is -0.116. The number of ketones is 1. The Morgan fingerprint density at radius 1 is 0.667 bits per heavy atom. The van der Waals surface area contributed by atoms with Gasteiger partial charge in [0, 0.05) is 6.42 Å². The van der Waals surface area contributed by atoms with Crippen LogP contribution in [-0.4, -0.2) is 67.4 Å². The highest BCUT2D eigenvalue weighted by Gasteiger charge is 2.34. The van der Waals surface area contributed by atoms with Gasteiger partial charge < -0.3 is 30.6 Å². The molecule has 0 aliphatic heterocycles. The Bertz CT molecular complexity index is 780. The molecule has 0 bridgehead atoms. The third-order valence-electron chi connectivity index (χ3n) is 7.39. The highest BCUT2D eigenvalue weighted by atomic mass is 16.4. The van der Waals surface area contributed by atoms with E-state index in [-0.39, 0.29) is 17.8 Å². The van der Waals surface area contributed by atoms with E-state index in [2.05, 4.69) is 6.92 Å². The number of carbonyl (C=O) groups is 1. The van der Waals surface area contributed by atoms with Gasteiger partial charge in [0.1, 0.15) is 30.2 Å². The number of Topliss-reactive ketones (excluding diaryl/α,β-unsaturated/α-hetero) is 1. The van der Waals surface area contributed by atoms with Crippen molar-refractivity contribution in [2.45, 2.75) is 140 Å². The molecule has 4 atom stereocenters. The molecule has 39 heavy (non-hydrogen) atoms. The average molecular weight is 551 g/mol. The van der Waals surface area contributed by atoms with E-state index in [0.717, 1.165) is 19.3 Å². The third-order valence-corrected chi connectivity index (χ3v) is 7.39. The molecule has 0 aliphatic rings. The average Bonchev–Trinajstić information content (AvgIpc) is 2.95. The molecule has 7 nitrogen and oxygen atoms in total. The van der Waals surface area contributed by atoms with Gasteiger partial charge in [0.05, 0.1) is 12.2 Å². The lowest BCUT2D eigenvalue weighted by Gasteiger charge is -2.26. The van der Waals surface area contributed by atoms with E-state index in [1.165, 1.54) is 77.0 Å². The Morgan fingerprint density at radius 3 is 1.54 bits per heavy atom. The first kappa shape index (κ1) is 35.3. The fourth-order valence-corrected chi connectivity index (χ4v) is 4.85. The van der Waals surface area contributed by atoms with Crippen LogP contribution in [0.1, 0.15) is 122 Å². The van der Waals surface area contributed by atoms with Gasteiger partial charge in [-0.25, -0.2) is 0 Å². The molecule has 0 heterocycles. The highest BCUT2D eigenvalue weighted by molar-refractivity contribution is 6.21. The summed E-state index contributed by atoms with van der Waals surface area (Å²) in [6, 6.07) is 8.38. The quantitative estimate of drug-likeness (QED) is 0.0558. The van der Waals surface area contributed by atoms with Crippen molar-refractivity contribution < 1.29 is 35.4 Å². The number of rotatable bonds is 24. The lowest BCUT2D eigenvalue weighted by atomic mass is 9.92. The topological polar surface area (TPSA) is 138 Å². The van der Waals surface area contributed by atoms with Crippen LogP contribution in [0.5, 0.6) is 0 Å². The van der Waals surface area contributed by atoms with E-state index >= 15 is 0 Å². The molecule has 1 aromatic carbocycles. The second-order valence-electron chi connectivity index (χ2n) is 10.8. The summed E-state index contributed by atoms with van der Waals surface area (Å²) in [6.45, 7) is 1.42. The van der Waals surface area contributed by atoms with Crippen molar-refractivity contribution >= 4 is 11.4 Å². The molecule has 0 aliphatic carbocycles. The normalized spacial score (nSPS) is 15.4. The Kier molecular flexibility index (Phi) is 19.9. The van der Waals surface area contributed by atoms with Crippen LogP contribution in [0, 0.1) is 0 Å². The summed E-state index contributed by atoms with van der Waals surface area (Å²) in [7, 11) is 0. The van der Waals surface area contributed by atoms with Gasteiger partial charge in [-0.15, -0.1) is 0 Å². The molecule has 0 aromatic heterocycles. The Morgan fingerprint density at radius 2 is 1.10 bits per heavy atom. The third kappa shape index (κ3) is 14.4. The molecule has 4 unspecified atom stereocenters. The molecule has 0 radical (unpaired) electrons. The molecule has 0 saturated heterocycles. The van der Waals surface area contributed by atoms with E-state index < -0.39 is 36.8 Å². The van der Waals surface area contributed by atoms with Crippen molar-refractivity contribution in [1.29, 1.82) is 0 Å². The second kappa shape index (κ2) is 22.0. The maximum Gasteiger partial charge on any atom is 0.166 e. The van der Waals surface area contributed by atoms with Crippen molar-refractivity contribution in [3.63, 3.8) is 0 Å². The van der Waals surface area contributed by atoms with Crippen LogP contribution >= 0.6 is 0 Å². The minimum Gasteiger partial charge on any atom is -0.509 e. The predicted octanol–water partition coefficient (Wildman–Crippen LogP) is 5.61. The Labute approximate surface area is 235 Å². The molecule has 0 saturated carbocycles. The number of benzene rings is 1. The number of aliphatic hydroxyl groups is 6. The van der Waals surface area contributed by atoms with Crippen molar-refractivity contribution in [2.24, 2.45) is 0 Å². The van der Waals surface area contributed by atoms with E-state index in [0.29, 0.717) is 12.0 Å². The van der Waals surface area contributed by atoms with Crippen LogP contribution in [0.4, 0.5) is 0 Å². The van der Waals surface area contributed by atoms with Crippen molar-refractivity contribution in [3.05, 3.63) is 41.7 Å². The number of carbonyl (C=O) groups excluding carboxylic acids is 1. The smallest absolute Gasteiger partial charge is 0.166 e. The SMILES string of the molecule is CCCCCCCCCCCCCCCCCCC(=O)C(=C(O)C(O)C(O)C(O)C(O)CO)c1ccccc1. The first-order valence-corrected chi connectivity index (χ1v) is 15.2. The molecule has 1 aromatic rings. The van der Waals surface area contributed by atoms with Crippen molar-refractivity contribution in [3.8, 4) is 0 Å². The molecule has 1 rings (SSSR count). The zero-order valence-corrected chi connectivity index (χ0v) is 24.0. The summed E-state index contributed by atoms with van der Waals surface area (Å²) in [5.41, 5.74) is 0.272. The molecule has 6 N–H and O–H groups in total. The summed E-state index contributed by atoms with van der Waals surface area (Å²) in [5, 5.41) is 59.8. The van der Waals surface area contributed by atoms with Gasteiger partial charge in [0.25, 0.3) is 0 Å². The lowest BCUT2D eigenvalue weighted by Crippen LogP contribution is -2.46. The van der Waals surface area contributed by atoms with Crippen LogP contribution < -0.4 is 0 Å². The standard InChI is InChI=1S/C32H54O7/c1-2-3-4-5-6-7-8-9-10-11-12-13-14-15-16-20-23-26(34)28(25-21-18-17-19-22-25)30(37)32(39)31(38)29(36)27(35)24-33/h17-19,21-22,27,29,31-33,35-39H,2-16,20,23-24H2,1H3. The van der Waals surface area contributed by atoms with E-state index in [1.54, 1.807) is 30.3 Å². The molecular weight excluding hydrogens is 496 g/mol. The number of hydrogen-bond donors (Lipinski definition) is 6.